The molecule has 1 N–H and O–H groups in total. The van der Waals surface area contributed by atoms with E-state index < -0.39 is 0 Å². The number of fused-ring (bicyclic) bond motifs is 1. The molecule has 0 aliphatic heterocycles. The smallest absolute Gasteiger partial charge is 0.120 e. The summed E-state index contributed by atoms with van der Waals surface area (Å²) in [6, 6.07) is 5.77. The fraction of sp³-hybridized carbons (Fsp3) is 0.357. The van der Waals surface area contributed by atoms with Crippen molar-refractivity contribution >= 4 is 27.6 Å². The van der Waals surface area contributed by atoms with Crippen LogP contribution in [-0.2, 0) is 0 Å². The average molecular weight is 263 g/mol. The first-order chi connectivity index (χ1) is 8.40. The highest BCUT2D eigenvalue weighted by Crippen LogP contribution is 2.30. The number of aliphatic hydroxyl groups excluding tert-OH is 1. The summed E-state index contributed by atoms with van der Waals surface area (Å²) in [5, 5.41) is 10.8. The molecule has 0 unspecified atom stereocenters. The molecule has 96 valence electrons. The second-order valence-corrected chi connectivity index (χ2v) is 6.23. The minimum atomic E-state index is -0.254. The van der Waals surface area contributed by atoms with Crippen molar-refractivity contribution in [3.05, 3.63) is 29.0 Å². The van der Waals surface area contributed by atoms with Crippen molar-refractivity contribution in [2.45, 2.75) is 20.8 Å². The molecule has 2 aromatic rings. The van der Waals surface area contributed by atoms with E-state index in [0.29, 0.717) is 5.76 Å². The maximum atomic E-state index is 9.97. The van der Waals surface area contributed by atoms with Crippen molar-refractivity contribution < 1.29 is 9.84 Å². The molecule has 1 aromatic heterocycles. The Morgan fingerprint density at radius 1 is 1.39 bits per heavy atom. The van der Waals surface area contributed by atoms with E-state index in [4.69, 9.17) is 4.74 Å². The van der Waals surface area contributed by atoms with Gasteiger partial charge in [0.2, 0.25) is 0 Å². The Morgan fingerprint density at radius 2 is 2.11 bits per heavy atom. The number of aliphatic hydroxyl groups is 1. The van der Waals surface area contributed by atoms with Gasteiger partial charge in [0.05, 0.1) is 17.3 Å². The van der Waals surface area contributed by atoms with E-state index in [1.54, 1.807) is 24.5 Å². The fourth-order valence-electron chi connectivity index (χ4n) is 1.44. The summed E-state index contributed by atoms with van der Waals surface area (Å²) >= 11 is 1.54. The number of thiazole rings is 1. The zero-order valence-electron chi connectivity index (χ0n) is 11.0. The van der Waals surface area contributed by atoms with Crippen LogP contribution < -0.4 is 4.74 Å². The van der Waals surface area contributed by atoms with Crippen LogP contribution in [0.15, 0.2) is 24.0 Å². The van der Waals surface area contributed by atoms with E-state index in [0.717, 1.165) is 21.0 Å². The van der Waals surface area contributed by atoms with Crippen molar-refractivity contribution in [2.24, 2.45) is 5.41 Å². The zero-order valence-corrected chi connectivity index (χ0v) is 11.8. The second kappa shape index (κ2) is 4.61. The predicted octanol–water partition coefficient (Wildman–Crippen LogP) is 4.25. The van der Waals surface area contributed by atoms with Crippen LogP contribution in [-0.4, -0.2) is 17.2 Å². The van der Waals surface area contributed by atoms with Gasteiger partial charge in [-0.1, -0.05) is 20.8 Å². The van der Waals surface area contributed by atoms with Gasteiger partial charge in [-0.3, -0.25) is 0 Å². The molecule has 0 saturated carbocycles. The van der Waals surface area contributed by atoms with Gasteiger partial charge in [0.25, 0.3) is 0 Å². The number of hydrogen-bond acceptors (Lipinski definition) is 4. The van der Waals surface area contributed by atoms with Gasteiger partial charge in [-0.15, -0.1) is 11.3 Å². The summed E-state index contributed by atoms with van der Waals surface area (Å²) in [5.41, 5.74) is 0.670. The number of allylic oxidation sites excluding steroid dienone is 1. The molecule has 0 saturated heterocycles. The number of nitrogens with zero attached hydrogens (tertiary/aromatic N) is 1. The number of aromatic nitrogens is 1. The van der Waals surface area contributed by atoms with Crippen molar-refractivity contribution in [1.29, 1.82) is 0 Å². The number of methoxy groups -OCH3 is 1. The summed E-state index contributed by atoms with van der Waals surface area (Å²) < 4.78 is 6.24. The van der Waals surface area contributed by atoms with Crippen LogP contribution in [0.4, 0.5) is 0 Å². The van der Waals surface area contributed by atoms with Gasteiger partial charge in [-0.2, -0.15) is 0 Å². The SMILES string of the molecule is COc1ccc2nc(/C=C(\O)C(C)(C)C)sc2c1. The maximum Gasteiger partial charge on any atom is 0.120 e. The zero-order chi connectivity index (χ0) is 13.3. The monoisotopic (exact) mass is 263 g/mol. The lowest BCUT2D eigenvalue weighted by Gasteiger charge is -2.16. The third-order valence-corrected chi connectivity index (χ3v) is 3.61. The molecule has 4 heteroatoms. The van der Waals surface area contributed by atoms with Crippen LogP contribution in [0.25, 0.3) is 16.3 Å². The maximum absolute atomic E-state index is 9.97. The summed E-state index contributed by atoms with van der Waals surface area (Å²) in [6.45, 7) is 5.90. The van der Waals surface area contributed by atoms with Crippen LogP contribution in [0.1, 0.15) is 25.8 Å². The van der Waals surface area contributed by atoms with Crippen LogP contribution in [0.5, 0.6) is 5.75 Å². The Kier molecular flexibility index (Phi) is 3.30. The summed E-state index contributed by atoms with van der Waals surface area (Å²) in [5.74, 6) is 1.16. The van der Waals surface area contributed by atoms with E-state index in [9.17, 15) is 5.11 Å². The average Bonchev–Trinajstić information content (AvgIpc) is 2.68. The molecule has 2 rings (SSSR count). The molecule has 0 amide bonds. The van der Waals surface area contributed by atoms with Crippen LogP contribution >= 0.6 is 11.3 Å². The fourth-order valence-corrected chi connectivity index (χ4v) is 2.38. The van der Waals surface area contributed by atoms with Crippen molar-refractivity contribution in [3.63, 3.8) is 0 Å². The van der Waals surface area contributed by atoms with Gasteiger partial charge in [0.15, 0.2) is 0 Å². The van der Waals surface area contributed by atoms with Gasteiger partial charge in [-0.25, -0.2) is 4.98 Å². The lowest BCUT2D eigenvalue weighted by atomic mass is 9.94. The third kappa shape index (κ3) is 2.64. The van der Waals surface area contributed by atoms with E-state index in [1.807, 2.05) is 39.0 Å². The lowest BCUT2D eigenvalue weighted by molar-refractivity contribution is 0.282. The topological polar surface area (TPSA) is 42.4 Å². The highest BCUT2D eigenvalue weighted by molar-refractivity contribution is 7.19. The molecule has 0 radical (unpaired) electrons. The Balaban J connectivity index is 2.42. The minimum Gasteiger partial charge on any atom is -0.512 e. The quantitative estimate of drug-likeness (QED) is 0.824. The molecule has 0 aliphatic rings. The van der Waals surface area contributed by atoms with Crippen molar-refractivity contribution in [3.8, 4) is 5.75 Å². The van der Waals surface area contributed by atoms with Gasteiger partial charge in [0, 0.05) is 11.5 Å². The normalized spacial score (nSPS) is 13.0. The lowest BCUT2D eigenvalue weighted by Crippen LogP contribution is -2.08. The number of hydrogen-bond donors (Lipinski definition) is 1. The van der Waals surface area contributed by atoms with E-state index >= 15 is 0 Å². The first-order valence-electron chi connectivity index (χ1n) is 5.76. The van der Waals surface area contributed by atoms with Crippen LogP contribution in [0, 0.1) is 5.41 Å². The predicted molar refractivity (Wildman–Crippen MR) is 76.2 cm³/mol. The Bertz CT molecular complexity index is 593. The molecule has 0 fully saturated rings. The van der Waals surface area contributed by atoms with Gasteiger partial charge in [-0.05, 0) is 18.2 Å². The van der Waals surface area contributed by atoms with E-state index in [1.165, 1.54) is 0 Å². The molecule has 0 atom stereocenters. The Morgan fingerprint density at radius 3 is 2.72 bits per heavy atom. The largest absolute Gasteiger partial charge is 0.512 e. The molecule has 18 heavy (non-hydrogen) atoms. The third-order valence-electron chi connectivity index (χ3n) is 2.64. The van der Waals surface area contributed by atoms with Gasteiger partial charge >= 0.3 is 0 Å². The van der Waals surface area contributed by atoms with E-state index in [2.05, 4.69) is 4.98 Å². The summed E-state index contributed by atoms with van der Waals surface area (Å²) in [7, 11) is 1.65. The molecular weight excluding hydrogens is 246 g/mol. The highest BCUT2D eigenvalue weighted by atomic mass is 32.1. The Labute approximate surface area is 111 Å². The van der Waals surface area contributed by atoms with Crippen molar-refractivity contribution in [2.75, 3.05) is 7.11 Å². The van der Waals surface area contributed by atoms with Gasteiger partial charge < -0.3 is 9.84 Å². The molecule has 3 nitrogen and oxygen atoms in total. The summed E-state index contributed by atoms with van der Waals surface area (Å²) in [4.78, 5) is 4.47. The van der Waals surface area contributed by atoms with Crippen LogP contribution in [0.3, 0.4) is 0 Å². The molecule has 1 heterocycles. The van der Waals surface area contributed by atoms with Gasteiger partial charge in [0.1, 0.15) is 16.5 Å². The molecule has 0 bridgehead atoms. The highest BCUT2D eigenvalue weighted by Gasteiger charge is 2.16. The van der Waals surface area contributed by atoms with E-state index in [-0.39, 0.29) is 5.41 Å². The second-order valence-electron chi connectivity index (χ2n) is 5.17. The van der Waals surface area contributed by atoms with Crippen molar-refractivity contribution in [1.82, 2.24) is 4.98 Å². The number of ether oxygens (including phenoxy) is 1. The molecule has 1 aromatic carbocycles. The standard InChI is InChI=1S/C14H17NO2S/c1-14(2,3)12(16)8-13-15-10-6-5-9(17-4)7-11(10)18-13/h5-8,16H,1-4H3/b12-8-. The molecule has 0 aliphatic carbocycles. The molecular formula is C14H17NO2S. The first-order valence-corrected chi connectivity index (χ1v) is 6.57. The number of rotatable bonds is 2. The summed E-state index contributed by atoms with van der Waals surface area (Å²) in [6.07, 6.45) is 1.73. The molecule has 0 spiro atoms. The van der Waals surface area contributed by atoms with Crippen LogP contribution in [0.2, 0.25) is 0 Å². The Hall–Kier alpha value is -1.55. The minimum absolute atomic E-state index is 0.254. The number of benzene rings is 1. The first kappa shape index (κ1) is 12.9.